The van der Waals surface area contributed by atoms with Crippen LogP contribution in [0, 0.1) is 0 Å². The number of methoxy groups -OCH3 is 1. The molecular weight excluding hydrogens is 340 g/mol. The van der Waals surface area contributed by atoms with Crippen molar-refractivity contribution in [3.05, 3.63) is 29.8 Å². The van der Waals surface area contributed by atoms with E-state index in [1.807, 2.05) is 24.3 Å². The SMILES string of the molecule is COc1ccc(CCC(=O)NC[C@@H]2CCC3(CCN(C(C)C)CC3)O2)cc1. The first kappa shape index (κ1) is 20.2. The van der Waals surface area contributed by atoms with Gasteiger partial charge in [-0.15, -0.1) is 0 Å². The lowest BCUT2D eigenvalue weighted by Gasteiger charge is -2.40. The van der Waals surface area contributed by atoms with Crippen LogP contribution >= 0.6 is 0 Å². The second kappa shape index (κ2) is 9.07. The molecule has 27 heavy (non-hydrogen) atoms. The number of carbonyl (C=O) groups excluding carboxylic acids is 1. The molecule has 2 aliphatic heterocycles. The van der Waals surface area contributed by atoms with Gasteiger partial charge in [-0.05, 0) is 63.6 Å². The highest BCUT2D eigenvalue weighted by Gasteiger charge is 2.42. The van der Waals surface area contributed by atoms with Crippen LogP contribution in [0.1, 0.15) is 51.5 Å². The summed E-state index contributed by atoms with van der Waals surface area (Å²) < 4.78 is 11.6. The number of hydrogen-bond acceptors (Lipinski definition) is 4. The third-order valence-corrected chi connectivity index (χ3v) is 6.10. The first-order chi connectivity index (χ1) is 13.0. The number of carbonyl (C=O) groups is 1. The number of amides is 1. The minimum Gasteiger partial charge on any atom is -0.497 e. The molecule has 1 amide bonds. The van der Waals surface area contributed by atoms with Crippen LogP contribution in [0.15, 0.2) is 24.3 Å². The van der Waals surface area contributed by atoms with E-state index in [2.05, 4.69) is 24.1 Å². The zero-order valence-electron chi connectivity index (χ0n) is 17.0. The van der Waals surface area contributed by atoms with Crippen molar-refractivity contribution in [2.45, 2.75) is 70.1 Å². The number of rotatable bonds is 7. The first-order valence-corrected chi connectivity index (χ1v) is 10.3. The molecule has 1 aromatic rings. The lowest BCUT2D eigenvalue weighted by atomic mass is 9.88. The zero-order valence-corrected chi connectivity index (χ0v) is 17.0. The molecule has 3 rings (SSSR count). The summed E-state index contributed by atoms with van der Waals surface area (Å²) in [4.78, 5) is 14.7. The Balaban J connectivity index is 1.36. The van der Waals surface area contributed by atoms with Crippen molar-refractivity contribution in [3.8, 4) is 5.75 Å². The van der Waals surface area contributed by atoms with Crippen LogP contribution in [0.25, 0.3) is 0 Å². The van der Waals surface area contributed by atoms with Crippen LogP contribution < -0.4 is 10.1 Å². The molecular formula is C22H34N2O3. The normalized spacial score (nSPS) is 22.3. The molecule has 0 bridgehead atoms. The van der Waals surface area contributed by atoms with Gasteiger partial charge in [-0.3, -0.25) is 4.79 Å². The molecule has 5 nitrogen and oxygen atoms in total. The van der Waals surface area contributed by atoms with E-state index in [-0.39, 0.29) is 17.6 Å². The zero-order chi connectivity index (χ0) is 19.3. The molecule has 2 saturated heterocycles. The van der Waals surface area contributed by atoms with Gasteiger partial charge in [-0.1, -0.05) is 12.1 Å². The van der Waals surface area contributed by atoms with E-state index in [4.69, 9.17) is 9.47 Å². The predicted octanol–water partition coefficient (Wildman–Crippen LogP) is 3.17. The summed E-state index contributed by atoms with van der Waals surface area (Å²) in [6.07, 6.45) is 5.84. The summed E-state index contributed by atoms with van der Waals surface area (Å²) in [6.45, 7) is 7.41. The van der Waals surface area contributed by atoms with E-state index in [9.17, 15) is 4.79 Å². The lowest BCUT2D eigenvalue weighted by Crippen LogP contribution is -2.47. The highest BCUT2D eigenvalue weighted by atomic mass is 16.5. The highest BCUT2D eigenvalue weighted by molar-refractivity contribution is 5.76. The third kappa shape index (κ3) is 5.45. The van der Waals surface area contributed by atoms with Gasteiger partial charge in [0.25, 0.3) is 0 Å². The number of hydrogen-bond donors (Lipinski definition) is 1. The number of ether oxygens (including phenoxy) is 2. The van der Waals surface area contributed by atoms with E-state index >= 15 is 0 Å². The molecule has 0 aliphatic carbocycles. The van der Waals surface area contributed by atoms with Gasteiger partial charge in [-0.25, -0.2) is 0 Å². The highest BCUT2D eigenvalue weighted by Crippen LogP contribution is 2.39. The molecule has 1 N–H and O–H groups in total. The molecule has 1 atom stereocenters. The van der Waals surface area contributed by atoms with E-state index in [1.165, 1.54) is 0 Å². The van der Waals surface area contributed by atoms with Crippen molar-refractivity contribution in [2.75, 3.05) is 26.7 Å². The Morgan fingerprint density at radius 1 is 1.26 bits per heavy atom. The number of piperidine rings is 1. The molecule has 0 radical (unpaired) electrons. The van der Waals surface area contributed by atoms with E-state index in [1.54, 1.807) is 7.11 Å². The molecule has 1 aromatic carbocycles. The minimum atomic E-state index is 0.0594. The Bertz CT molecular complexity index is 606. The summed E-state index contributed by atoms with van der Waals surface area (Å²) in [7, 11) is 1.66. The number of aryl methyl sites for hydroxylation is 1. The van der Waals surface area contributed by atoms with Crippen LogP contribution in [0.5, 0.6) is 5.75 Å². The van der Waals surface area contributed by atoms with Gasteiger partial charge in [-0.2, -0.15) is 0 Å². The monoisotopic (exact) mass is 374 g/mol. The van der Waals surface area contributed by atoms with Crippen LogP contribution in [-0.4, -0.2) is 55.3 Å². The van der Waals surface area contributed by atoms with Crippen molar-refractivity contribution in [2.24, 2.45) is 0 Å². The van der Waals surface area contributed by atoms with Gasteiger partial charge >= 0.3 is 0 Å². The fourth-order valence-electron chi connectivity index (χ4n) is 4.22. The van der Waals surface area contributed by atoms with Crippen molar-refractivity contribution >= 4 is 5.91 Å². The van der Waals surface area contributed by atoms with Crippen molar-refractivity contribution in [3.63, 3.8) is 0 Å². The van der Waals surface area contributed by atoms with E-state index in [0.29, 0.717) is 19.0 Å². The fraction of sp³-hybridized carbons (Fsp3) is 0.682. The lowest BCUT2D eigenvalue weighted by molar-refractivity contribution is -0.122. The fourth-order valence-corrected chi connectivity index (χ4v) is 4.22. The Morgan fingerprint density at radius 2 is 1.96 bits per heavy atom. The van der Waals surface area contributed by atoms with Gasteiger partial charge < -0.3 is 19.7 Å². The van der Waals surface area contributed by atoms with E-state index < -0.39 is 0 Å². The molecule has 2 heterocycles. The summed E-state index contributed by atoms with van der Waals surface area (Å²) >= 11 is 0. The summed E-state index contributed by atoms with van der Waals surface area (Å²) in [6, 6.07) is 8.51. The molecule has 0 aromatic heterocycles. The number of nitrogens with zero attached hydrogens (tertiary/aromatic N) is 1. The maximum Gasteiger partial charge on any atom is 0.220 e. The van der Waals surface area contributed by atoms with Crippen LogP contribution in [-0.2, 0) is 16.0 Å². The van der Waals surface area contributed by atoms with Crippen molar-refractivity contribution in [1.29, 1.82) is 0 Å². The molecule has 0 saturated carbocycles. The van der Waals surface area contributed by atoms with Crippen molar-refractivity contribution in [1.82, 2.24) is 10.2 Å². The van der Waals surface area contributed by atoms with Gasteiger partial charge in [0, 0.05) is 32.1 Å². The number of benzene rings is 1. The summed E-state index contributed by atoms with van der Waals surface area (Å²) in [5, 5.41) is 3.07. The third-order valence-electron chi connectivity index (χ3n) is 6.10. The Kier molecular flexibility index (Phi) is 6.77. The molecule has 1 spiro atoms. The second-order valence-corrected chi connectivity index (χ2v) is 8.24. The number of nitrogens with one attached hydrogen (secondary N) is 1. The van der Waals surface area contributed by atoms with Gasteiger partial charge in [0.15, 0.2) is 0 Å². The smallest absolute Gasteiger partial charge is 0.220 e. The van der Waals surface area contributed by atoms with Gasteiger partial charge in [0.1, 0.15) is 5.75 Å². The maximum atomic E-state index is 12.2. The first-order valence-electron chi connectivity index (χ1n) is 10.3. The minimum absolute atomic E-state index is 0.0594. The summed E-state index contributed by atoms with van der Waals surface area (Å²) in [5.41, 5.74) is 1.21. The van der Waals surface area contributed by atoms with Crippen LogP contribution in [0.3, 0.4) is 0 Å². The van der Waals surface area contributed by atoms with Gasteiger partial charge in [0.05, 0.1) is 18.8 Å². The second-order valence-electron chi connectivity index (χ2n) is 8.24. The maximum absolute atomic E-state index is 12.2. The average Bonchev–Trinajstić information content (AvgIpc) is 3.08. The standard InChI is InChI=1S/C22H34N2O3/c1-17(2)24-14-12-22(13-15-24)11-10-20(27-22)16-23-21(25)9-6-18-4-7-19(26-3)8-5-18/h4-5,7-8,17,20H,6,9-16H2,1-3H3,(H,23,25)/t20-/m0/s1. The quantitative estimate of drug-likeness (QED) is 0.796. The van der Waals surface area contributed by atoms with E-state index in [0.717, 1.165) is 56.5 Å². The Hall–Kier alpha value is -1.59. The molecule has 0 unspecified atom stereocenters. The molecule has 2 aliphatic rings. The molecule has 2 fully saturated rings. The average molecular weight is 375 g/mol. The van der Waals surface area contributed by atoms with Gasteiger partial charge in [0.2, 0.25) is 5.91 Å². The topological polar surface area (TPSA) is 50.8 Å². The molecule has 150 valence electrons. The predicted molar refractivity (Wildman–Crippen MR) is 107 cm³/mol. The Morgan fingerprint density at radius 3 is 2.59 bits per heavy atom. The van der Waals surface area contributed by atoms with Crippen LogP contribution in [0.4, 0.5) is 0 Å². The van der Waals surface area contributed by atoms with Crippen molar-refractivity contribution < 1.29 is 14.3 Å². The Labute approximate surface area is 163 Å². The van der Waals surface area contributed by atoms with Crippen LogP contribution in [0.2, 0.25) is 0 Å². The molecule has 5 heteroatoms. The summed E-state index contributed by atoms with van der Waals surface area (Å²) in [5.74, 6) is 0.944. The number of likely N-dealkylation sites (tertiary alicyclic amines) is 1. The largest absolute Gasteiger partial charge is 0.497 e.